The van der Waals surface area contributed by atoms with Gasteiger partial charge in [-0.1, -0.05) is 20.8 Å². The number of anilines is 1. The van der Waals surface area contributed by atoms with Gasteiger partial charge in [0.2, 0.25) is 0 Å². The van der Waals surface area contributed by atoms with E-state index in [-0.39, 0.29) is 18.4 Å². The van der Waals surface area contributed by atoms with Crippen LogP contribution in [0.3, 0.4) is 0 Å². The topological polar surface area (TPSA) is 67.8 Å². The van der Waals surface area contributed by atoms with Gasteiger partial charge in [0, 0.05) is 0 Å². The molecule has 0 spiro atoms. The van der Waals surface area contributed by atoms with Gasteiger partial charge >= 0.3 is 0 Å². The van der Waals surface area contributed by atoms with Crippen LogP contribution in [0.5, 0.6) is 11.5 Å². The highest BCUT2D eigenvalue weighted by Gasteiger charge is 2.32. The lowest BCUT2D eigenvalue weighted by Crippen LogP contribution is -2.40. The fourth-order valence-corrected chi connectivity index (χ4v) is 2.11. The van der Waals surface area contributed by atoms with Crippen molar-refractivity contribution in [3.8, 4) is 11.5 Å². The summed E-state index contributed by atoms with van der Waals surface area (Å²) in [6.45, 7) is 6.33. The summed E-state index contributed by atoms with van der Waals surface area (Å²) in [4.78, 5) is 12.0. The average Bonchev–Trinajstić information content (AvgIpc) is 2.43. The molecule has 0 aliphatic carbocycles. The van der Waals surface area contributed by atoms with Crippen molar-refractivity contribution in [2.45, 2.75) is 39.9 Å². The van der Waals surface area contributed by atoms with Crippen molar-refractivity contribution in [3.63, 3.8) is 0 Å². The van der Waals surface area contributed by atoms with Gasteiger partial charge in [0.25, 0.3) is 5.91 Å². The number of ether oxygens (including phenoxy) is 2. The third-order valence-corrected chi connectivity index (χ3v) is 3.13. The largest absolute Gasteiger partial charge is 0.490 e. The number of amides is 1. The van der Waals surface area contributed by atoms with Crippen molar-refractivity contribution in [2.75, 3.05) is 11.9 Å². The van der Waals surface area contributed by atoms with E-state index in [1.165, 1.54) is 0 Å². The summed E-state index contributed by atoms with van der Waals surface area (Å²) in [5.41, 5.74) is 1.24. The first-order valence-corrected chi connectivity index (χ1v) is 6.95. The predicted octanol–water partition coefficient (Wildman–Crippen LogP) is 2.32. The summed E-state index contributed by atoms with van der Waals surface area (Å²) < 4.78 is 11.5. The molecular formula is C15H21NO4. The van der Waals surface area contributed by atoms with E-state index in [4.69, 9.17) is 9.47 Å². The fourth-order valence-electron chi connectivity index (χ4n) is 2.11. The SMILES string of the molecule is CCCOc1cc(CO)cc2c1OC(C(C)C)C(=O)N2. The minimum absolute atomic E-state index is 0.0692. The Morgan fingerprint density at radius 2 is 2.20 bits per heavy atom. The minimum atomic E-state index is -0.522. The number of aliphatic hydroxyl groups is 1. The normalized spacial score (nSPS) is 17.4. The van der Waals surface area contributed by atoms with E-state index >= 15 is 0 Å². The smallest absolute Gasteiger partial charge is 0.265 e. The van der Waals surface area contributed by atoms with Crippen molar-refractivity contribution in [1.29, 1.82) is 0 Å². The van der Waals surface area contributed by atoms with Crippen LogP contribution in [0.4, 0.5) is 5.69 Å². The predicted molar refractivity (Wildman–Crippen MR) is 76.0 cm³/mol. The third kappa shape index (κ3) is 2.88. The second-order valence-corrected chi connectivity index (χ2v) is 5.25. The molecule has 1 aromatic rings. The molecule has 5 heteroatoms. The summed E-state index contributed by atoms with van der Waals surface area (Å²) in [6.07, 6.45) is 0.351. The Balaban J connectivity index is 2.39. The first-order valence-electron chi connectivity index (χ1n) is 6.95. The molecule has 0 radical (unpaired) electrons. The van der Waals surface area contributed by atoms with E-state index in [0.717, 1.165) is 6.42 Å². The molecular weight excluding hydrogens is 258 g/mol. The van der Waals surface area contributed by atoms with Crippen LogP contribution in [0.15, 0.2) is 12.1 Å². The van der Waals surface area contributed by atoms with Crippen molar-refractivity contribution < 1.29 is 19.4 Å². The summed E-state index contributed by atoms with van der Waals surface area (Å²) in [7, 11) is 0. The van der Waals surface area contributed by atoms with Gasteiger partial charge in [-0.05, 0) is 30.0 Å². The molecule has 1 atom stereocenters. The van der Waals surface area contributed by atoms with Crippen molar-refractivity contribution in [2.24, 2.45) is 5.92 Å². The van der Waals surface area contributed by atoms with E-state index in [1.54, 1.807) is 12.1 Å². The number of fused-ring (bicyclic) bond motifs is 1. The van der Waals surface area contributed by atoms with Gasteiger partial charge in [0.1, 0.15) is 0 Å². The molecule has 2 rings (SSSR count). The summed E-state index contributed by atoms with van der Waals surface area (Å²) in [5.74, 6) is 1.02. The lowest BCUT2D eigenvalue weighted by Gasteiger charge is -2.29. The van der Waals surface area contributed by atoms with E-state index in [9.17, 15) is 9.90 Å². The number of aliphatic hydroxyl groups excluding tert-OH is 1. The standard InChI is InChI=1S/C15H21NO4/c1-4-5-19-12-7-10(8-17)6-11-14(12)20-13(9(2)3)15(18)16-11/h6-7,9,13,17H,4-5,8H2,1-3H3,(H,16,18). The molecule has 0 fully saturated rings. The number of benzene rings is 1. The first-order chi connectivity index (χ1) is 9.56. The van der Waals surface area contributed by atoms with Crippen LogP contribution < -0.4 is 14.8 Å². The molecule has 0 saturated carbocycles. The molecule has 1 amide bonds. The molecule has 2 N–H and O–H groups in total. The van der Waals surface area contributed by atoms with Gasteiger partial charge in [-0.25, -0.2) is 0 Å². The molecule has 1 unspecified atom stereocenters. The molecule has 110 valence electrons. The first kappa shape index (κ1) is 14.7. The minimum Gasteiger partial charge on any atom is -0.490 e. The van der Waals surface area contributed by atoms with Gasteiger partial charge in [-0.3, -0.25) is 4.79 Å². The number of nitrogens with one attached hydrogen (secondary N) is 1. The molecule has 0 aromatic heterocycles. The molecule has 1 heterocycles. The van der Waals surface area contributed by atoms with Crippen LogP contribution in [0, 0.1) is 5.92 Å². The number of carbonyl (C=O) groups excluding carboxylic acids is 1. The molecule has 0 bridgehead atoms. The maximum absolute atomic E-state index is 12.0. The number of rotatable bonds is 5. The Kier molecular flexibility index (Phi) is 4.49. The highest BCUT2D eigenvalue weighted by Crippen LogP contribution is 2.41. The van der Waals surface area contributed by atoms with E-state index in [0.29, 0.717) is 29.4 Å². The zero-order chi connectivity index (χ0) is 14.7. The maximum Gasteiger partial charge on any atom is 0.265 e. The van der Waals surface area contributed by atoms with Gasteiger partial charge in [-0.2, -0.15) is 0 Å². The van der Waals surface area contributed by atoms with E-state index < -0.39 is 6.10 Å². The molecule has 20 heavy (non-hydrogen) atoms. The lowest BCUT2D eigenvalue weighted by molar-refractivity contribution is -0.125. The van der Waals surface area contributed by atoms with E-state index in [2.05, 4.69) is 5.32 Å². The van der Waals surface area contributed by atoms with Crippen LogP contribution in [-0.2, 0) is 11.4 Å². The van der Waals surface area contributed by atoms with Crippen molar-refractivity contribution in [1.82, 2.24) is 0 Å². The highest BCUT2D eigenvalue weighted by molar-refractivity contribution is 5.98. The Morgan fingerprint density at radius 3 is 2.80 bits per heavy atom. The molecule has 5 nitrogen and oxygen atoms in total. The van der Waals surface area contributed by atoms with Crippen LogP contribution in [0.25, 0.3) is 0 Å². The molecule has 1 aliphatic heterocycles. The Bertz CT molecular complexity index is 499. The summed E-state index contributed by atoms with van der Waals surface area (Å²) in [5, 5.41) is 12.1. The highest BCUT2D eigenvalue weighted by atomic mass is 16.5. The third-order valence-electron chi connectivity index (χ3n) is 3.13. The van der Waals surface area contributed by atoms with Crippen LogP contribution >= 0.6 is 0 Å². The van der Waals surface area contributed by atoms with E-state index in [1.807, 2.05) is 20.8 Å². The second kappa shape index (κ2) is 6.13. The van der Waals surface area contributed by atoms with Crippen LogP contribution in [0.1, 0.15) is 32.8 Å². The average molecular weight is 279 g/mol. The summed E-state index contributed by atoms with van der Waals surface area (Å²) in [6, 6.07) is 3.46. The van der Waals surface area contributed by atoms with Gasteiger partial charge in [0.15, 0.2) is 17.6 Å². The summed E-state index contributed by atoms with van der Waals surface area (Å²) >= 11 is 0. The van der Waals surface area contributed by atoms with Gasteiger partial charge < -0.3 is 19.9 Å². The Morgan fingerprint density at radius 1 is 1.45 bits per heavy atom. The zero-order valence-corrected chi connectivity index (χ0v) is 12.1. The lowest BCUT2D eigenvalue weighted by atomic mass is 10.0. The quantitative estimate of drug-likeness (QED) is 0.868. The Hall–Kier alpha value is -1.75. The molecule has 1 aliphatic rings. The van der Waals surface area contributed by atoms with Crippen molar-refractivity contribution >= 4 is 11.6 Å². The van der Waals surface area contributed by atoms with Gasteiger partial charge in [0.05, 0.1) is 18.9 Å². The monoisotopic (exact) mass is 279 g/mol. The fraction of sp³-hybridized carbons (Fsp3) is 0.533. The zero-order valence-electron chi connectivity index (χ0n) is 12.1. The number of carbonyl (C=O) groups is 1. The van der Waals surface area contributed by atoms with Gasteiger partial charge in [-0.15, -0.1) is 0 Å². The Labute approximate surface area is 118 Å². The second-order valence-electron chi connectivity index (χ2n) is 5.25. The van der Waals surface area contributed by atoms with Crippen LogP contribution in [0.2, 0.25) is 0 Å². The number of hydrogen-bond donors (Lipinski definition) is 2. The number of hydrogen-bond acceptors (Lipinski definition) is 4. The molecule has 1 aromatic carbocycles. The van der Waals surface area contributed by atoms with Crippen molar-refractivity contribution in [3.05, 3.63) is 17.7 Å². The maximum atomic E-state index is 12.0. The molecule has 0 saturated heterocycles. The van der Waals surface area contributed by atoms with Crippen LogP contribution in [-0.4, -0.2) is 23.7 Å².